The zero-order valence-electron chi connectivity index (χ0n) is 20.9. The van der Waals surface area contributed by atoms with Gasteiger partial charge in [0.15, 0.2) is 5.82 Å². The van der Waals surface area contributed by atoms with Crippen LogP contribution in [0.1, 0.15) is 43.0 Å². The molecule has 0 bridgehead atoms. The van der Waals surface area contributed by atoms with Crippen LogP contribution in [0.5, 0.6) is 11.5 Å². The van der Waals surface area contributed by atoms with Gasteiger partial charge in [-0.25, -0.2) is 18.4 Å². The van der Waals surface area contributed by atoms with Crippen molar-refractivity contribution in [1.82, 2.24) is 30.0 Å². The monoisotopic (exact) mass is 517 g/mol. The highest BCUT2D eigenvalue weighted by Gasteiger charge is 2.33. The zero-order chi connectivity index (χ0) is 25.9. The summed E-state index contributed by atoms with van der Waals surface area (Å²) >= 11 is 0. The SMILES string of the molecule is COc1cccc(OC)c1-n1c(NS(=O)(=O)[C@@H](C)[C@H](C)c2ncc(C)cn2)nnc1C1COCCN1. The van der Waals surface area contributed by atoms with Crippen LogP contribution in [0.25, 0.3) is 5.69 Å². The molecule has 1 unspecified atom stereocenters. The van der Waals surface area contributed by atoms with Crippen LogP contribution in [0, 0.1) is 6.92 Å². The number of hydrogen-bond acceptors (Lipinski definition) is 10. The molecule has 3 heterocycles. The molecule has 1 aliphatic heterocycles. The fraction of sp³-hybridized carbons (Fsp3) is 0.478. The van der Waals surface area contributed by atoms with Gasteiger partial charge in [0.05, 0.1) is 38.7 Å². The minimum Gasteiger partial charge on any atom is -0.494 e. The predicted molar refractivity (Wildman–Crippen MR) is 133 cm³/mol. The van der Waals surface area contributed by atoms with E-state index in [1.54, 1.807) is 49.0 Å². The van der Waals surface area contributed by atoms with Crippen molar-refractivity contribution in [3.05, 3.63) is 47.8 Å². The zero-order valence-corrected chi connectivity index (χ0v) is 21.7. The fourth-order valence-corrected chi connectivity index (χ4v) is 5.16. The molecule has 1 aliphatic rings. The van der Waals surface area contributed by atoms with E-state index in [1.165, 1.54) is 14.2 Å². The van der Waals surface area contributed by atoms with Gasteiger partial charge >= 0.3 is 0 Å². The summed E-state index contributed by atoms with van der Waals surface area (Å²) in [7, 11) is -0.890. The molecule has 12 nitrogen and oxygen atoms in total. The molecule has 1 fully saturated rings. The Morgan fingerprint density at radius 1 is 1.14 bits per heavy atom. The second-order valence-electron chi connectivity index (χ2n) is 8.57. The smallest absolute Gasteiger partial charge is 0.243 e. The molecule has 3 atom stereocenters. The van der Waals surface area contributed by atoms with Crippen LogP contribution in [0.2, 0.25) is 0 Å². The molecule has 194 valence electrons. The van der Waals surface area contributed by atoms with Gasteiger partial charge in [-0.1, -0.05) is 13.0 Å². The number of nitrogens with one attached hydrogen (secondary N) is 2. The van der Waals surface area contributed by atoms with Gasteiger partial charge in [0, 0.05) is 24.9 Å². The lowest BCUT2D eigenvalue weighted by Crippen LogP contribution is -2.36. The van der Waals surface area contributed by atoms with Gasteiger partial charge in [-0.3, -0.25) is 9.29 Å². The number of aryl methyl sites for hydroxylation is 1. The first-order valence-corrected chi connectivity index (χ1v) is 13.1. The van der Waals surface area contributed by atoms with Crippen molar-refractivity contribution >= 4 is 16.0 Å². The fourth-order valence-electron chi connectivity index (χ4n) is 3.93. The van der Waals surface area contributed by atoms with E-state index >= 15 is 0 Å². The maximum Gasteiger partial charge on any atom is 0.243 e. The van der Waals surface area contributed by atoms with Crippen LogP contribution >= 0.6 is 0 Å². The number of benzene rings is 1. The number of nitrogens with zero attached hydrogens (tertiary/aromatic N) is 5. The molecule has 1 saturated heterocycles. The lowest BCUT2D eigenvalue weighted by Gasteiger charge is -2.25. The molecule has 0 radical (unpaired) electrons. The van der Waals surface area contributed by atoms with Crippen molar-refractivity contribution in [3.8, 4) is 17.2 Å². The molecule has 0 spiro atoms. The Kier molecular flexibility index (Phi) is 7.71. The summed E-state index contributed by atoms with van der Waals surface area (Å²) < 4.78 is 48.1. The molecule has 2 aromatic heterocycles. The first-order chi connectivity index (χ1) is 17.3. The van der Waals surface area contributed by atoms with Gasteiger partial charge in [-0.15, -0.1) is 10.2 Å². The molecule has 3 aromatic rings. The van der Waals surface area contributed by atoms with E-state index in [0.717, 1.165) is 5.56 Å². The van der Waals surface area contributed by atoms with E-state index < -0.39 is 21.2 Å². The number of ether oxygens (including phenoxy) is 3. The molecule has 2 N–H and O–H groups in total. The number of sulfonamides is 1. The summed E-state index contributed by atoms with van der Waals surface area (Å²) in [4.78, 5) is 8.61. The van der Waals surface area contributed by atoms with E-state index in [2.05, 4.69) is 30.2 Å². The van der Waals surface area contributed by atoms with Crippen molar-refractivity contribution < 1.29 is 22.6 Å². The van der Waals surface area contributed by atoms with Crippen LogP contribution in [0.4, 0.5) is 5.95 Å². The highest BCUT2D eigenvalue weighted by atomic mass is 32.2. The molecular formula is C23H31N7O5S. The molecule has 36 heavy (non-hydrogen) atoms. The quantitative estimate of drug-likeness (QED) is 0.432. The maximum atomic E-state index is 13.5. The second kappa shape index (κ2) is 10.8. The van der Waals surface area contributed by atoms with Gasteiger partial charge in [0.25, 0.3) is 0 Å². The number of hydrogen-bond donors (Lipinski definition) is 2. The number of aromatic nitrogens is 5. The van der Waals surface area contributed by atoms with Crippen LogP contribution in [-0.2, 0) is 14.8 Å². The van der Waals surface area contributed by atoms with Gasteiger partial charge in [-0.05, 0) is 31.5 Å². The van der Waals surface area contributed by atoms with Gasteiger partial charge in [0.2, 0.25) is 16.0 Å². The Morgan fingerprint density at radius 2 is 1.81 bits per heavy atom. The first kappa shape index (κ1) is 25.8. The largest absolute Gasteiger partial charge is 0.494 e. The highest BCUT2D eigenvalue weighted by molar-refractivity contribution is 7.93. The van der Waals surface area contributed by atoms with E-state index in [9.17, 15) is 8.42 Å². The summed E-state index contributed by atoms with van der Waals surface area (Å²) in [6.45, 7) is 6.79. The Labute approximate surface area is 210 Å². The van der Waals surface area contributed by atoms with Crippen molar-refractivity contribution in [2.75, 3.05) is 38.7 Å². The van der Waals surface area contributed by atoms with Gasteiger partial charge in [-0.2, -0.15) is 0 Å². The molecule has 0 aliphatic carbocycles. The highest BCUT2D eigenvalue weighted by Crippen LogP contribution is 2.37. The number of morpholine rings is 1. The van der Waals surface area contributed by atoms with Crippen molar-refractivity contribution in [2.45, 2.75) is 38.0 Å². The molecule has 0 saturated carbocycles. The number of para-hydroxylation sites is 1. The van der Waals surface area contributed by atoms with Crippen LogP contribution in [0.15, 0.2) is 30.6 Å². The minimum atomic E-state index is -3.94. The molecular weight excluding hydrogens is 486 g/mol. The van der Waals surface area contributed by atoms with Gasteiger partial charge in [0.1, 0.15) is 23.0 Å². The maximum absolute atomic E-state index is 13.5. The molecule has 0 amide bonds. The van der Waals surface area contributed by atoms with E-state index in [1.807, 2.05) is 6.92 Å². The van der Waals surface area contributed by atoms with E-state index in [4.69, 9.17) is 14.2 Å². The first-order valence-electron chi connectivity index (χ1n) is 11.5. The van der Waals surface area contributed by atoms with E-state index in [-0.39, 0.29) is 12.0 Å². The molecule has 13 heteroatoms. The summed E-state index contributed by atoms with van der Waals surface area (Å²) in [5.41, 5.74) is 1.36. The standard InChI is InChI=1S/C23H31N7O5S/c1-14-11-25-21(26-12-14)15(2)16(3)36(31,32)29-23-28-27-22(17-13-35-10-9-24-17)30(23)20-18(33-4)7-6-8-19(20)34-5/h6-8,11-12,15-17,24H,9-10,13H2,1-5H3,(H,28,29)/t15-,16-,17?/m0/s1. The third kappa shape index (κ3) is 5.13. The van der Waals surface area contributed by atoms with Crippen molar-refractivity contribution in [3.63, 3.8) is 0 Å². The van der Waals surface area contributed by atoms with Crippen LogP contribution in [-0.4, -0.2) is 72.4 Å². The summed E-state index contributed by atoms with van der Waals surface area (Å²) in [6, 6.07) is 4.97. The molecule has 4 rings (SSSR count). The average molecular weight is 518 g/mol. The lowest BCUT2D eigenvalue weighted by molar-refractivity contribution is 0.0736. The topological polar surface area (TPSA) is 142 Å². The number of anilines is 1. The average Bonchev–Trinajstić information content (AvgIpc) is 3.30. The third-order valence-corrected chi connectivity index (χ3v) is 8.04. The second-order valence-corrected chi connectivity index (χ2v) is 10.6. The minimum absolute atomic E-state index is 0.00375. The Morgan fingerprint density at radius 3 is 2.39 bits per heavy atom. The van der Waals surface area contributed by atoms with Crippen LogP contribution < -0.4 is 19.5 Å². The number of methoxy groups -OCH3 is 2. The summed E-state index contributed by atoms with van der Waals surface area (Å²) in [5.74, 6) is 1.34. The normalized spacial score (nSPS) is 17.9. The third-order valence-electron chi connectivity index (χ3n) is 6.18. The molecule has 1 aromatic carbocycles. The summed E-state index contributed by atoms with van der Waals surface area (Å²) in [6.07, 6.45) is 3.34. The summed E-state index contributed by atoms with van der Waals surface area (Å²) in [5, 5.41) is 11.0. The van der Waals surface area contributed by atoms with Gasteiger partial charge < -0.3 is 19.5 Å². The van der Waals surface area contributed by atoms with Crippen LogP contribution in [0.3, 0.4) is 0 Å². The lowest BCUT2D eigenvalue weighted by atomic mass is 10.1. The van der Waals surface area contributed by atoms with E-state index in [0.29, 0.717) is 48.6 Å². The van der Waals surface area contributed by atoms with Crippen molar-refractivity contribution in [1.29, 1.82) is 0 Å². The Balaban J connectivity index is 1.77. The number of rotatable bonds is 9. The van der Waals surface area contributed by atoms with Crippen molar-refractivity contribution in [2.24, 2.45) is 0 Å². The Bertz CT molecular complexity index is 1270. The predicted octanol–water partition coefficient (Wildman–Crippen LogP) is 1.98. The Hall–Kier alpha value is -3.29.